The van der Waals surface area contributed by atoms with Crippen LogP contribution in [0.3, 0.4) is 0 Å². The molecular formula is C15H14BrClFNO. The van der Waals surface area contributed by atoms with Gasteiger partial charge in [0.1, 0.15) is 17.3 Å². The highest BCUT2D eigenvalue weighted by Gasteiger charge is 2.13. The summed E-state index contributed by atoms with van der Waals surface area (Å²) < 4.78 is 19.4. The number of hydrogen-bond donors (Lipinski definition) is 1. The van der Waals surface area contributed by atoms with Crippen molar-refractivity contribution in [2.75, 3.05) is 0 Å². The van der Waals surface area contributed by atoms with E-state index in [1.165, 1.54) is 12.1 Å². The van der Waals surface area contributed by atoms with Gasteiger partial charge in [-0.1, -0.05) is 23.7 Å². The van der Waals surface area contributed by atoms with Gasteiger partial charge in [0, 0.05) is 6.04 Å². The van der Waals surface area contributed by atoms with Crippen molar-refractivity contribution in [2.24, 2.45) is 5.73 Å². The minimum atomic E-state index is -0.334. The molecule has 106 valence electrons. The average molecular weight is 359 g/mol. The van der Waals surface area contributed by atoms with Gasteiger partial charge in [0.05, 0.1) is 9.50 Å². The first kappa shape index (κ1) is 15.3. The maximum Gasteiger partial charge on any atom is 0.149 e. The van der Waals surface area contributed by atoms with E-state index in [1.54, 1.807) is 12.1 Å². The van der Waals surface area contributed by atoms with Crippen molar-refractivity contribution < 1.29 is 9.13 Å². The van der Waals surface area contributed by atoms with Crippen LogP contribution in [0.2, 0.25) is 5.02 Å². The van der Waals surface area contributed by atoms with Crippen LogP contribution in [-0.2, 0) is 6.42 Å². The first-order valence-corrected chi connectivity index (χ1v) is 7.30. The largest absolute Gasteiger partial charge is 0.454 e. The summed E-state index contributed by atoms with van der Waals surface area (Å²) in [5, 5.41) is 0.499. The lowest BCUT2D eigenvalue weighted by atomic mass is 10.1. The van der Waals surface area contributed by atoms with Crippen molar-refractivity contribution in [3.63, 3.8) is 0 Å². The van der Waals surface area contributed by atoms with Crippen LogP contribution in [-0.4, -0.2) is 6.04 Å². The fourth-order valence-electron chi connectivity index (χ4n) is 1.84. The van der Waals surface area contributed by atoms with E-state index in [-0.39, 0.29) is 11.9 Å². The third-order valence-corrected chi connectivity index (χ3v) is 3.61. The van der Waals surface area contributed by atoms with E-state index in [2.05, 4.69) is 15.9 Å². The van der Waals surface area contributed by atoms with Crippen molar-refractivity contribution in [3.8, 4) is 11.5 Å². The van der Waals surface area contributed by atoms with Crippen molar-refractivity contribution in [1.29, 1.82) is 0 Å². The SMILES string of the molecule is CC(N)Cc1cccc(Cl)c1Oc1ccc(F)cc1Br. The van der Waals surface area contributed by atoms with Gasteiger partial charge in [-0.25, -0.2) is 4.39 Å². The topological polar surface area (TPSA) is 35.2 Å². The van der Waals surface area contributed by atoms with Gasteiger partial charge in [-0.15, -0.1) is 0 Å². The molecule has 2 N–H and O–H groups in total. The van der Waals surface area contributed by atoms with Crippen molar-refractivity contribution in [1.82, 2.24) is 0 Å². The van der Waals surface area contributed by atoms with Gasteiger partial charge < -0.3 is 10.5 Å². The summed E-state index contributed by atoms with van der Waals surface area (Å²) in [7, 11) is 0. The number of hydrogen-bond acceptors (Lipinski definition) is 2. The second-order valence-corrected chi connectivity index (χ2v) is 5.85. The van der Waals surface area contributed by atoms with Gasteiger partial charge in [-0.2, -0.15) is 0 Å². The molecule has 0 spiro atoms. The van der Waals surface area contributed by atoms with Crippen LogP contribution in [0.1, 0.15) is 12.5 Å². The van der Waals surface area contributed by atoms with Gasteiger partial charge in [0.2, 0.25) is 0 Å². The molecule has 0 aliphatic heterocycles. The number of nitrogens with two attached hydrogens (primary N) is 1. The quantitative estimate of drug-likeness (QED) is 0.841. The first-order valence-electron chi connectivity index (χ1n) is 6.13. The Bertz CT molecular complexity index is 619. The molecule has 0 aliphatic rings. The molecule has 1 atom stereocenters. The molecule has 0 bridgehead atoms. The molecule has 1 unspecified atom stereocenters. The van der Waals surface area contributed by atoms with Crippen LogP contribution in [0.25, 0.3) is 0 Å². The Morgan fingerprint density at radius 2 is 2.10 bits per heavy atom. The summed E-state index contributed by atoms with van der Waals surface area (Å²) in [6.45, 7) is 1.92. The van der Waals surface area contributed by atoms with E-state index in [4.69, 9.17) is 22.1 Å². The molecule has 0 saturated heterocycles. The summed E-state index contributed by atoms with van der Waals surface area (Å²) in [4.78, 5) is 0. The predicted molar refractivity (Wildman–Crippen MR) is 83.0 cm³/mol. The third-order valence-electron chi connectivity index (χ3n) is 2.70. The van der Waals surface area contributed by atoms with Crippen molar-refractivity contribution in [2.45, 2.75) is 19.4 Å². The molecule has 0 heterocycles. The van der Waals surface area contributed by atoms with Crippen LogP contribution in [0.4, 0.5) is 4.39 Å². The Morgan fingerprint density at radius 3 is 2.75 bits per heavy atom. The average Bonchev–Trinajstić information content (AvgIpc) is 2.35. The molecule has 2 nitrogen and oxygen atoms in total. The van der Waals surface area contributed by atoms with Crippen LogP contribution in [0.5, 0.6) is 11.5 Å². The van der Waals surface area contributed by atoms with Gasteiger partial charge in [-0.3, -0.25) is 0 Å². The highest BCUT2D eigenvalue weighted by atomic mass is 79.9. The Labute approximate surface area is 130 Å². The van der Waals surface area contributed by atoms with E-state index < -0.39 is 0 Å². The fraction of sp³-hybridized carbons (Fsp3) is 0.200. The number of benzene rings is 2. The normalized spacial score (nSPS) is 12.2. The zero-order valence-corrected chi connectivity index (χ0v) is 13.2. The minimum absolute atomic E-state index is 0.00697. The third kappa shape index (κ3) is 3.72. The molecule has 2 aromatic rings. The summed E-state index contributed by atoms with van der Waals surface area (Å²) in [6.07, 6.45) is 0.648. The van der Waals surface area contributed by atoms with Crippen LogP contribution in [0.15, 0.2) is 40.9 Å². The smallest absolute Gasteiger partial charge is 0.149 e. The van der Waals surface area contributed by atoms with Crippen LogP contribution < -0.4 is 10.5 Å². The molecule has 2 aromatic carbocycles. The highest BCUT2D eigenvalue weighted by Crippen LogP contribution is 2.36. The van der Waals surface area contributed by atoms with E-state index in [1.807, 2.05) is 19.1 Å². The Kier molecular flexibility index (Phi) is 5.02. The number of ether oxygens (including phenoxy) is 1. The van der Waals surface area contributed by atoms with Crippen LogP contribution >= 0.6 is 27.5 Å². The summed E-state index contributed by atoms with van der Waals surface area (Å²) in [5.74, 6) is 0.725. The highest BCUT2D eigenvalue weighted by molar-refractivity contribution is 9.10. The van der Waals surface area contributed by atoms with E-state index >= 15 is 0 Å². The minimum Gasteiger partial charge on any atom is -0.454 e. The number of halogens is 3. The zero-order chi connectivity index (χ0) is 14.7. The van der Waals surface area contributed by atoms with E-state index in [9.17, 15) is 4.39 Å². The number of para-hydroxylation sites is 1. The van der Waals surface area contributed by atoms with E-state index in [0.717, 1.165) is 5.56 Å². The molecule has 0 radical (unpaired) electrons. The van der Waals surface area contributed by atoms with Gasteiger partial charge in [0.25, 0.3) is 0 Å². The lowest BCUT2D eigenvalue weighted by Crippen LogP contribution is -2.18. The molecule has 0 aromatic heterocycles. The molecule has 20 heavy (non-hydrogen) atoms. The number of rotatable bonds is 4. The molecule has 2 rings (SSSR count). The molecular weight excluding hydrogens is 345 g/mol. The van der Waals surface area contributed by atoms with Crippen molar-refractivity contribution in [3.05, 3.63) is 57.3 Å². The van der Waals surface area contributed by atoms with Crippen LogP contribution in [0, 0.1) is 5.82 Å². The van der Waals surface area contributed by atoms with Crippen molar-refractivity contribution >= 4 is 27.5 Å². The molecule has 0 amide bonds. The summed E-state index contributed by atoms with van der Waals surface area (Å²) in [6, 6.07) is 9.75. The Hall–Kier alpha value is -1.10. The monoisotopic (exact) mass is 357 g/mol. The lowest BCUT2D eigenvalue weighted by Gasteiger charge is -2.15. The molecule has 0 saturated carbocycles. The van der Waals surface area contributed by atoms with Gasteiger partial charge in [-0.05, 0) is 59.1 Å². The predicted octanol–water partition coefficient (Wildman–Crippen LogP) is 4.92. The molecule has 0 fully saturated rings. The summed E-state index contributed by atoms with van der Waals surface area (Å²) >= 11 is 9.46. The second kappa shape index (κ2) is 6.57. The maximum absolute atomic E-state index is 13.1. The van der Waals surface area contributed by atoms with E-state index in [0.29, 0.717) is 27.4 Å². The lowest BCUT2D eigenvalue weighted by molar-refractivity contribution is 0.469. The molecule has 0 aliphatic carbocycles. The zero-order valence-electron chi connectivity index (χ0n) is 10.9. The fourth-order valence-corrected chi connectivity index (χ4v) is 2.51. The standard InChI is InChI=1S/C15H14BrClFNO/c1-9(19)7-10-3-2-4-13(17)15(10)20-14-6-5-11(18)8-12(14)16/h2-6,8-9H,7,19H2,1H3. The second-order valence-electron chi connectivity index (χ2n) is 4.59. The maximum atomic E-state index is 13.1. The Balaban J connectivity index is 2.37. The van der Waals surface area contributed by atoms with Gasteiger partial charge in [0.15, 0.2) is 0 Å². The Morgan fingerprint density at radius 1 is 1.35 bits per heavy atom. The summed E-state index contributed by atoms with van der Waals surface area (Å²) in [5.41, 5.74) is 6.75. The molecule has 5 heteroatoms. The van der Waals surface area contributed by atoms with Gasteiger partial charge >= 0.3 is 0 Å². The first-order chi connectivity index (χ1) is 9.47.